The van der Waals surface area contributed by atoms with E-state index < -0.39 is 10.1 Å². The van der Waals surface area contributed by atoms with Crippen LogP contribution in [-0.4, -0.2) is 30.9 Å². The van der Waals surface area contributed by atoms with Crippen molar-refractivity contribution in [2.24, 2.45) is 0 Å². The van der Waals surface area contributed by atoms with Crippen LogP contribution in [0.3, 0.4) is 0 Å². The fraction of sp³-hybridized carbons (Fsp3) is 0.882. The van der Waals surface area contributed by atoms with Gasteiger partial charge in [-0.3, -0.25) is 4.55 Å². The highest BCUT2D eigenvalue weighted by Gasteiger charge is 1.91. The maximum absolute atomic E-state index is 9.19. The second-order valence-electron chi connectivity index (χ2n) is 5.69. The summed E-state index contributed by atoms with van der Waals surface area (Å²) < 4.78 is 25.9. The Balaban J connectivity index is 0. The predicted octanol–water partition coefficient (Wildman–Crippen LogP) is 4.74. The SMILES string of the molecule is CCCC/C=C\CCCCCCCCCCO.CS(=O)(=O)O. The Morgan fingerprint density at radius 1 is 0.773 bits per heavy atom. The molecule has 4 nitrogen and oxygen atoms in total. The molecule has 0 aromatic rings. The van der Waals surface area contributed by atoms with E-state index in [0.29, 0.717) is 12.9 Å². The van der Waals surface area contributed by atoms with Crippen molar-refractivity contribution in [3.63, 3.8) is 0 Å². The molecule has 0 aromatic carbocycles. The summed E-state index contributed by atoms with van der Waals surface area (Å²) >= 11 is 0. The molecule has 134 valence electrons. The van der Waals surface area contributed by atoms with Gasteiger partial charge in [-0.05, 0) is 25.7 Å². The minimum atomic E-state index is -3.67. The first-order valence-electron chi connectivity index (χ1n) is 8.60. The Labute approximate surface area is 137 Å². The van der Waals surface area contributed by atoms with Crippen LogP contribution in [0.2, 0.25) is 0 Å². The Morgan fingerprint density at radius 2 is 1.14 bits per heavy atom. The summed E-state index contributed by atoms with van der Waals surface area (Å²) in [6, 6.07) is 0. The molecule has 0 aliphatic rings. The average Bonchev–Trinajstić information content (AvgIpc) is 2.42. The number of allylic oxidation sites excluding steroid dienone is 2. The molecule has 0 atom stereocenters. The van der Waals surface area contributed by atoms with Gasteiger partial charge in [-0.15, -0.1) is 0 Å². The molecular formula is C17H36O4S. The van der Waals surface area contributed by atoms with Crippen molar-refractivity contribution in [2.45, 2.75) is 84.0 Å². The van der Waals surface area contributed by atoms with E-state index in [4.69, 9.17) is 9.66 Å². The van der Waals surface area contributed by atoms with Crippen LogP contribution in [-0.2, 0) is 10.1 Å². The third-order valence-electron chi connectivity index (χ3n) is 3.17. The van der Waals surface area contributed by atoms with E-state index in [-0.39, 0.29) is 0 Å². The van der Waals surface area contributed by atoms with Gasteiger partial charge < -0.3 is 5.11 Å². The summed E-state index contributed by atoms with van der Waals surface area (Å²) in [5, 5.41) is 8.64. The van der Waals surface area contributed by atoms with Crippen LogP contribution in [0.5, 0.6) is 0 Å². The Morgan fingerprint density at radius 3 is 1.55 bits per heavy atom. The van der Waals surface area contributed by atoms with Gasteiger partial charge in [-0.2, -0.15) is 8.42 Å². The monoisotopic (exact) mass is 336 g/mol. The lowest BCUT2D eigenvalue weighted by atomic mass is 10.1. The number of hydrogen-bond donors (Lipinski definition) is 2. The lowest BCUT2D eigenvalue weighted by molar-refractivity contribution is 0.282. The molecular weight excluding hydrogens is 300 g/mol. The molecule has 0 radical (unpaired) electrons. The third-order valence-corrected chi connectivity index (χ3v) is 3.17. The highest BCUT2D eigenvalue weighted by Crippen LogP contribution is 2.10. The molecule has 2 N–H and O–H groups in total. The Bertz CT molecular complexity index is 316. The van der Waals surface area contributed by atoms with Gasteiger partial charge >= 0.3 is 0 Å². The van der Waals surface area contributed by atoms with Crippen molar-refractivity contribution in [3.05, 3.63) is 12.2 Å². The maximum atomic E-state index is 9.19. The van der Waals surface area contributed by atoms with Gasteiger partial charge in [0.05, 0.1) is 6.26 Å². The van der Waals surface area contributed by atoms with Crippen molar-refractivity contribution < 1.29 is 18.1 Å². The minimum Gasteiger partial charge on any atom is -0.396 e. The summed E-state index contributed by atoms with van der Waals surface area (Å²) in [5.41, 5.74) is 0. The van der Waals surface area contributed by atoms with Gasteiger partial charge in [0.1, 0.15) is 0 Å². The van der Waals surface area contributed by atoms with Gasteiger partial charge in [-0.25, -0.2) is 0 Å². The number of aliphatic hydroxyl groups is 1. The zero-order valence-electron chi connectivity index (χ0n) is 14.5. The van der Waals surface area contributed by atoms with Crippen LogP contribution in [0.4, 0.5) is 0 Å². The molecule has 0 unspecified atom stereocenters. The standard InChI is InChI=1S/C16H32O.CH4O3S/c1-2-3-4-5-6-7-8-9-10-11-12-13-14-15-16-17;1-5(2,3)4/h5-6,17H,2-4,7-16H2,1H3;1H3,(H,2,3,4)/b6-5-;. The molecule has 0 aliphatic heterocycles. The van der Waals surface area contributed by atoms with Gasteiger partial charge in [-0.1, -0.05) is 70.4 Å². The number of rotatable bonds is 13. The summed E-state index contributed by atoms with van der Waals surface area (Å²) in [7, 11) is -3.67. The third kappa shape index (κ3) is 36.7. The summed E-state index contributed by atoms with van der Waals surface area (Å²) in [5.74, 6) is 0. The molecule has 22 heavy (non-hydrogen) atoms. The zero-order valence-corrected chi connectivity index (χ0v) is 15.3. The molecule has 0 saturated heterocycles. The molecule has 0 aliphatic carbocycles. The highest BCUT2D eigenvalue weighted by atomic mass is 32.2. The van der Waals surface area contributed by atoms with E-state index in [0.717, 1.165) is 6.42 Å². The van der Waals surface area contributed by atoms with E-state index in [2.05, 4.69) is 19.1 Å². The Kier molecular flexibility index (Phi) is 20.2. The van der Waals surface area contributed by atoms with Crippen molar-refractivity contribution >= 4 is 10.1 Å². The van der Waals surface area contributed by atoms with Crippen LogP contribution in [0.1, 0.15) is 84.0 Å². The first kappa shape index (κ1) is 23.9. The molecule has 0 spiro atoms. The van der Waals surface area contributed by atoms with Crippen LogP contribution >= 0.6 is 0 Å². The van der Waals surface area contributed by atoms with E-state index in [1.165, 1.54) is 70.6 Å². The van der Waals surface area contributed by atoms with Crippen molar-refractivity contribution in [1.29, 1.82) is 0 Å². The molecule has 0 aromatic heterocycles. The van der Waals surface area contributed by atoms with Crippen LogP contribution in [0.25, 0.3) is 0 Å². The smallest absolute Gasteiger partial charge is 0.261 e. The van der Waals surface area contributed by atoms with Crippen molar-refractivity contribution in [2.75, 3.05) is 12.9 Å². The molecule has 0 rings (SSSR count). The summed E-state index contributed by atoms with van der Waals surface area (Å²) in [4.78, 5) is 0. The van der Waals surface area contributed by atoms with Crippen molar-refractivity contribution in [1.82, 2.24) is 0 Å². The first-order chi connectivity index (χ1) is 10.4. The van der Waals surface area contributed by atoms with Crippen LogP contribution < -0.4 is 0 Å². The van der Waals surface area contributed by atoms with Crippen LogP contribution in [0, 0.1) is 0 Å². The predicted molar refractivity (Wildman–Crippen MR) is 94.8 cm³/mol. The van der Waals surface area contributed by atoms with Gasteiger partial charge in [0.25, 0.3) is 10.1 Å². The van der Waals surface area contributed by atoms with E-state index in [1.54, 1.807) is 0 Å². The van der Waals surface area contributed by atoms with Gasteiger partial charge in [0.2, 0.25) is 0 Å². The van der Waals surface area contributed by atoms with Crippen molar-refractivity contribution in [3.8, 4) is 0 Å². The topological polar surface area (TPSA) is 74.6 Å². The van der Waals surface area contributed by atoms with Crippen LogP contribution in [0.15, 0.2) is 12.2 Å². The normalized spacial score (nSPS) is 11.5. The quantitative estimate of drug-likeness (QED) is 0.289. The maximum Gasteiger partial charge on any atom is 0.261 e. The van der Waals surface area contributed by atoms with E-state index >= 15 is 0 Å². The highest BCUT2D eigenvalue weighted by molar-refractivity contribution is 7.85. The minimum absolute atomic E-state index is 0.365. The number of hydrogen-bond acceptors (Lipinski definition) is 3. The largest absolute Gasteiger partial charge is 0.396 e. The summed E-state index contributed by atoms with van der Waals surface area (Å²) in [6.07, 6.45) is 21.0. The molecule has 0 heterocycles. The van der Waals surface area contributed by atoms with E-state index in [9.17, 15) is 8.42 Å². The second-order valence-corrected chi connectivity index (χ2v) is 7.15. The molecule has 0 bridgehead atoms. The second kappa shape index (κ2) is 18.7. The first-order valence-corrected chi connectivity index (χ1v) is 10.4. The van der Waals surface area contributed by atoms with Gasteiger partial charge in [0, 0.05) is 6.61 Å². The lowest BCUT2D eigenvalue weighted by Gasteiger charge is -2.00. The lowest BCUT2D eigenvalue weighted by Crippen LogP contribution is -1.88. The number of unbranched alkanes of at least 4 members (excludes halogenated alkanes) is 10. The molecule has 0 saturated carbocycles. The average molecular weight is 337 g/mol. The molecule has 0 fully saturated rings. The zero-order chi connectivity index (χ0) is 17.1. The molecule has 0 amide bonds. The number of aliphatic hydroxyl groups excluding tert-OH is 1. The Hall–Kier alpha value is -0.390. The molecule has 5 heteroatoms. The van der Waals surface area contributed by atoms with E-state index in [1.807, 2.05) is 0 Å². The fourth-order valence-corrected chi connectivity index (χ4v) is 1.99. The van der Waals surface area contributed by atoms with Gasteiger partial charge in [0.15, 0.2) is 0 Å². The summed E-state index contributed by atoms with van der Waals surface area (Å²) in [6.45, 7) is 2.61. The fourth-order valence-electron chi connectivity index (χ4n) is 1.99.